The number of nitrogens with zero attached hydrogens (tertiary/aromatic N) is 4. The fourth-order valence-electron chi connectivity index (χ4n) is 3.75. The Morgan fingerprint density at radius 2 is 2.00 bits per heavy atom. The van der Waals surface area contributed by atoms with E-state index in [9.17, 15) is 4.79 Å². The lowest BCUT2D eigenvalue weighted by atomic mass is 9.82. The molecule has 3 rings (SSSR count). The molecule has 0 unspecified atom stereocenters. The molecule has 2 fully saturated rings. The Hall–Kier alpha value is -1.42. The van der Waals surface area contributed by atoms with E-state index in [2.05, 4.69) is 42.0 Å². The fourth-order valence-corrected chi connectivity index (χ4v) is 4.68. The second kappa shape index (κ2) is 6.60. The molecule has 0 bridgehead atoms. The van der Waals surface area contributed by atoms with Crippen molar-refractivity contribution in [3.8, 4) is 6.07 Å². The number of nitriles is 1. The summed E-state index contributed by atoms with van der Waals surface area (Å²) < 4.78 is 0. The first-order valence-electron chi connectivity index (χ1n) is 8.20. The van der Waals surface area contributed by atoms with Crippen LogP contribution in [0.15, 0.2) is 12.1 Å². The SMILES string of the molecule is Cc1ccc(CN2CCC3(CC2)C(=O)N(CC#N)CCN3C)s1. The molecule has 0 N–H and O–H groups in total. The Labute approximate surface area is 142 Å². The average Bonchev–Trinajstić information content (AvgIpc) is 2.95. The van der Waals surface area contributed by atoms with E-state index in [1.807, 2.05) is 11.3 Å². The van der Waals surface area contributed by atoms with Gasteiger partial charge in [-0.05, 0) is 38.9 Å². The maximum atomic E-state index is 12.9. The van der Waals surface area contributed by atoms with Gasteiger partial charge in [-0.2, -0.15) is 5.26 Å². The number of rotatable bonds is 3. The zero-order valence-corrected chi connectivity index (χ0v) is 14.7. The molecule has 23 heavy (non-hydrogen) atoms. The van der Waals surface area contributed by atoms with Gasteiger partial charge >= 0.3 is 0 Å². The van der Waals surface area contributed by atoms with Crippen molar-refractivity contribution >= 4 is 17.2 Å². The molecule has 0 atom stereocenters. The topological polar surface area (TPSA) is 50.6 Å². The number of likely N-dealkylation sites (N-methyl/N-ethyl adjacent to an activating group) is 1. The van der Waals surface area contributed by atoms with Crippen molar-refractivity contribution in [1.29, 1.82) is 5.26 Å². The van der Waals surface area contributed by atoms with E-state index in [4.69, 9.17) is 5.26 Å². The van der Waals surface area contributed by atoms with Crippen molar-refractivity contribution in [3.05, 3.63) is 21.9 Å². The monoisotopic (exact) mass is 332 g/mol. The standard InChI is InChI=1S/C17H24N4OS/c1-14-3-4-15(23-14)13-20-8-5-17(6-9-20)16(22)21(10-7-18)12-11-19(17)2/h3-4H,5-6,8-13H2,1-2H3. The predicted octanol–water partition coefficient (Wildman–Crippen LogP) is 1.69. The highest BCUT2D eigenvalue weighted by atomic mass is 32.1. The van der Waals surface area contributed by atoms with Gasteiger partial charge in [0.25, 0.3) is 0 Å². The molecule has 0 aromatic carbocycles. The number of thiophene rings is 1. The van der Waals surface area contributed by atoms with Crippen LogP contribution in [0, 0.1) is 18.3 Å². The molecule has 1 spiro atoms. The maximum Gasteiger partial charge on any atom is 0.244 e. The van der Waals surface area contributed by atoms with Crippen molar-refractivity contribution in [3.63, 3.8) is 0 Å². The second-order valence-electron chi connectivity index (χ2n) is 6.63. The number of amides is 1. The number of hydrogen-bond donors (Lipinski definition) is 0. The third kappa shape index (κ3) is 3.14. The third-order valence-electron chi connectivity index (χ3n) is 5.24. The molecule has 6 heteroatoms. The van der Waals surface area contributed by atoms with Gasteiger partial charge in [0.15, 0.2) is 0 Å². The zero-order valence-electron chi connectivity index (χ0n) is 13.9. The molecule has 2 saturated heterocycles. The lowest BCUT2D eigenvalue weighted by Crippen LogP contribution is -2.67. The minimum absolute atomic E-state index is 0.152. The summed E-state index contributed by atoms with van der Waals surface area (Å²) >= 11 is 1.85. The van der Waals surface area contributed by atoms with Gasteiger partial charge in [0, 0.05) is 42.5 Å². The summed E-state index contributed by atoms with van der Waals surface area (Å²) in [5, 5.41) is 8.93. The Morgan fingerprint density at radius 1 is 1.26 bits per heavy atom. The molecule has 3 heterocycles. The first-order valence-corrected chi connectivity index (χ1v) is 9.02. The van der Waals surface area contributed by atoms with Gasteiger partial charge in [0.1, 0.15) is 12.1 Å². The molecule has 1 aromatic heterocycles. The molecule has 1 aromatic rings. The van der Waals surface area contributed by atoms with Crippen LogP contribution >= 0.6 is 11.3 Å². The van der Waals surface area contributed by atoms with Crippen LogP contribution < -0.4 is 0 Å². The van der Waals surface area contributed by atoms with Gasteiger partial charge in [-0.25, -0.2) is 0 Å². The number of likely N-dealkylation sites (tertiary alicyclic amines) is 1. The van der Waals surface area contributed by atoms with Gasteiger partial charge < -0.3 is 4.90 Å². The summed E-state index contributed by atoms with van der Waals surface area (Å²) in [6.07, 6.45) is 1.71. The van der Waals surface area contributed by atoms with Crippen molar-refractivity contribution in [1.82, 2.24) is 14.7 Å². The molecule has 124 valence electrons. The molecule has 0 radical (unpaired) electrons. The number of hydrogen-bond acceptors (Lipinski definition) is 5. The van der Waals surface area contributed by atoms with E-state index in [1.54, 1.807) is 4.90 Å². The minimum Gasteiger partial charge on any atom is -0.326 e. The van der Waals surface area contributed by atoms with E-state index < -0.39 is 5.54 Å². The average molecular weight is 332 g/mol. The molecule has 5 nitrogen and oxygen atoms in total. The van der Waals surface area contributed by atoms with Crippen LogP contribution in [-0.2, 0) is 11.3 Å². The van der Waals surface area contributed by atoms with Crippen LogP contribution in [0.2, 0.25) is 0 Å². The van der Waals surface area contributed by atoms with Gasteiger partial charge in [0.05, 0.1) is 6.07 Å². The summed E-state index contributed by atoms with van der Waals surface area (Å²) in [6, 6.07) is 6.50. The number of carbonyl (C=O) groups is 1. The fraction of sp³-hybridized carbons (Fsp3) is 0.647. The summed E-state index contributed by atoms with van der Waals surface area (Å²) in [7, 11) is 2.06. The molecule has 0 saturated carbocycles. The molecule has 0 aliphatic carbocycles. The van der Waals surface area contributed by atoms with Crippen LogP contribution in [0.1, 0.15) is 22.6 Å². The normalized spacial score (nSPS) is 22.5. The first-order chi connectivity index (χ1) is 11.0. The zero-order chi connectivity index (χ0) is 16.4. The summed E-state index contributed by atoms with van der Waals surface area (Å²) in [5.74, 6) is 0.152. The number of piperazine rings is 1. The quantitative estimate of drug-likeness (QED) is 0.791. The Kier molecular flexibility index (Phi) is 4.72. The molecule has 2 aliphatic heterocycles. The van der Waals surface area contributed by atoms with E-state index in [-0.39, 0.29) is 12.5 Å². The first kappa shape index (κ1) is 16.4. The van der Waals surface area contributed by atoms with E-state index in [0.29, 0.717) is 6.54 Å². The van der Waals surface area contributed by atoms with Crippen LogP contribution in [0.25, 0.3) is 0 Å². The van der Waals surface area contributed by atoms with Gasteiger partial charge in [-0.15, -0.1) is 11.3 Å². The Morgan fingerprint density at radius 3 is 2.61 bits per heavy atom. The second-order valence-corrected chi connectivity index (χ2v) is 8.00. The Balaban J connectivity index is 1.66. The summed E-state index contributed by atoms with van der Waals surface area (Å²) in [4.78, 5) is 22.0. The number of carbonyl (C=O) groups excluding carboxylic acids is 1. The number of aryl methyl sites for hydroxylation is 1. The molecular formula is C17H24N4OS. The van der Waals surface area contributed by atoms with Crippen LogP contribution in [-0.4, -0.2) is 65.9 Å². The van der Waals surface area contributed by atoms with Gasteiger partial charge in [-0.3, -0.25) is 14.6 Å². The Bertz CT molecular complexity index is 612. The van der Waals surface area contributed by atoms with Crippen molar-refractivity contribution < 1.29 is 4.79 Å². The third-order valence-corrected chi connectivity index (χ3v) is 6.23. The van der Waals surface area contributed by atoms with Crippen molar-refractivity contribution in [2.24, 2.45) is 0 Å². The lowest BCUT2D eigenvalue weighted by molar-refractivity contribution is -0.153. The smallest absolute Gasteiger partial charge is 0.244 e. The van der Waals surface area contributed by atoms with Crippen molar-refractivity contribution in [2.45, 2.75) is 31.8 Å². The van der Waals surface area contributed by atoms with E-state index in [0.717, 1.165) is 39.0 Å². The molecule has 2 aliphatic rings. The van der Waals surface area contributed by atoms with Gasteiger partial charge in [-0.1, -0.05) is 0 Å². The van der Waals surface area contributed by atoms with Crippen LogP contribution in [0.5, 0.6) is 0 Å². The lowest BCUT2D eigenvalue weighted by Gasteiger charge is -2.51. The summed E-state index contributed by atoms with van der Waals surface area (Å²) in [5.41, 5.74) is -0.392. The van der Waals surface area contributed by atoms with Crippen molar-refractivity contribution in [2.75, 3.05) is 39.8 Å². The van der Waals surface area contributed by atoms with E-state index >= 15 is 0 Å². The largest absolute Gasteiger partial charge is 0.326 e. The van der Waals surface area contributed by atoms with Crippen LogP contribution in [0.3, 0.4) is 0 Å². The number of piperidine rings is 1. The van der Waals surface area contributed by atoms with Crippen LogP contribution in [0.4, 0.5) is 0 Å². The van der Waals surface area contributed by atoms with Gasteiger partial charge in [0.2, 0.25) is 5.91 Å². The molecular weight excluding hydrogens is 308 g/mol. The highest BCUT2D eigenvalue weighted by molar-refractivity contribution is 7.11. The van der Waals surface area contributed by atoms with E-state index in [1.165, 1.54) is 9.75 Å². The summed E-state index contributed by atoms with van der Waals surface area (Å²) in [6.45, 7) is 6.74. The maximum absolute atomic E-state index is 12.9. The minimum atomic E-state index is -0.392. The highest BCUT2D eigenvalue weighted by Gasteiger charge is 2.49. The molecule has 1 amide bonds. The predicted molar refractivity (Wildman–Crippen MR) is 91.1 cm³/mol. The highest BCUT2D eigenvalue weighted by Crippen LogP contribution is 2.33.